The third-order valence-electron chi connectivity index (χ3n) is 7.42. The standard InChI is InChI=1S/C18H32B/c1-13-14(11-15-12-16(13)17(15,2)3)7-5-10-19-18(4)8-6-9-18/h13-16H,5-12H2,1-4H3. The van der Waals surface area contributed by atoms with Crippen LogP contribution >= 0.6 is 0 Å². The largest absolute Gasteiger partial charge is 0.117 e. The Kier molecular flexibility index (Phi) is 3.55. The predicted octanol–water partition coefficient (Wildman–Crippen LogP) is 5.57. The highest BCUT2D eigenvalue weighted by molar-refractivity contribution is 6.40. The van der Waals surface area contributed by atoms with Crippen LogP contribution in [0.4, 0.5) is 0 Å². The summed E-state index contributed by atoms with van der Waals surface area (Å²) in [5.41, 5.74) is 0.668. The molecule has 1 radical (unpaired) electrons. The molecule has 0 aromatic carbocycles. The molecule has 4 fully saturated rings. The summed E-state index contributed by atoms with van der Waals surface area (Å²) in [6.45, 7) is 10.0. The van der Waals surface area contributed by atoms with Gasteiger partial charge in [0.05, 0.1) is 0 Å². The molecule has 0 aromatic heterocycles. The van der Waals surface area contributed by atoms with Crippen molar-refractivity contribution in [1.29, 1.82) is 0 Å². The van der Waals surface area contributed by atoms with Crippen LogP contribution in [0.1, 0.15) is 72.6 Å². The van der Waals surface area contributed by atoms with Gasteiger partial charge in [-0.25, -0.2) is 0 Å². The fourth-order valence-corrected chi connectivity index (χ4v) is 5.41. The fourth-order valence-electron chi connectivity index (χ4n) is 5.41. The molecule has 0 aromatic rings. The van der Waals surface area contributed by atoms with Gasteiger partial charge in [0.2, 0.25) is 0 Å². The van der Waals surface area contributed by atoms with E-state index in [9.17, 15) is 0 Å². The Morgan fingerprint density at radius 1 is 1.11 bits per heavy atom. The fraction of sp³-hybridized carbons (Fsp3) is 1.00. The number of fused-ring (bicyclic) bond motifs is 2. The highest BCUT2D eigenvalue weighted by Crippen LogP contribution is 2.63. The van der Waals surface area contributed by atoms with Crippen LogP contribution in [0.2, 0.25) is 11.6 Å². The third-order valence-corrected chi connectivity index (χ3v) is 7.42. The molecule has 19 heavy (non-hydrogen) atoms. The van der Waals surface area contributed by atoms with Gasteiger partial charge in [-0.05, 0) is 41.9 Å². The molecule has 4 unspecified atom stereocenters. The van der Waals surface area contributed by atoms with Crippen molar-refractivity contribution >= 4 is 7.28 Å². The Morgan fingerprint density at radius 3 is 2.37 bits per heavy atom. The zero-order valence-corrected chi connectivity index (χ0v) is 13.5. The minimum atomic E-state index is 0.627. The van der Waals surface area contributed by atoms with Crippen molar-refractivity contribution < 1.29 is 0 Å². The highest BCUT2D eigenvalue weighted by Gasteiger charge is 2.55. The summed E-state index contributed by atoms with van der Waals surface area (Å²) < 4.78 is 0. The molecule has 4 aliphatic rings. The molecule has 4 atom stereocenters. The van der Waals surface area contributed by atoms with Gasteiger partial charge in [-0.1, -0.05) is 71.4 Å². The van der Waals surface area contributed by atoms with Crippen molar-refractivity contribution in [1.82, 2.24) is 0 Å². The van der Waals surface area contributed by atoms with Gasteiger partial charge in [0, 0.05) is 0 Å². The van der Waals surface area contributed by atoms with E-state index in [1.807, 2.05) is 0 Å². The molecule has 0 N–H and O–H groups in total. The summed E-state index contributed by atoms with van der Waals surface area (Å²) in [7, 11) is 2.65. The molecule has 0 aliphatic heterocycles. The normalized spacial score (nSPS) is 42.1. The first-order chi connectivity index (χ1) is 8.92. The molecule has 4 rings (SSSR count). The average molecular weight is 259 g/mol. The molecular weight excluding hydrogens is 227 g/mol. The smallest absolute Gasteiger partial charge is 0.0796 e. The van der Waals surface area contributed by atoms with Crippen molar-refractivity contribution in [3.63, 3.8) is 0 Å². The highest BCUT2D eigenvalue weighted by atomic mass is 14.6. The van der Waals surface area contributed by atoms with Crippen molar-refractivity contribution in [3.8, 4) is 0 Å². The zero-order valence-electron chi connectivity index (χ0n) is 13.5. The molecule has 0 nitrogen and oxygen atoms in total. The van der Waals surface area contributed by atoms with Crippen LogP contribution in [0.15, 0.2) is 0 Å². The summed E-state index contributed by atoms with van der Waals surface area (Å²) in [4.78, 5) is 0. The van der Waals surface area contributed by atoms with Gasteiger partial charge in [0.15, 0.2) is 0 Å². The molecule has 107 valence electrons. The van der Waals surface area contributed by atoms with Gasteiger partial charge in [-0.2, -0.15) is 0 Å². The van der Waals surface area contributed by atoms with Crippen LogP contribution in [0.25, 0.3) is 0 Å². The van der Waals surface area contributed by atoms with Crippen LogP contribution in [0, 0.1) is 29.1 Å². The first-order valence-corrected chi connectivity index (χ1v) is 8.77. The number of rotatable bonds is 5. The molecule has 2 bridgehead atoms. The molecule has 0 saturated heterocycles. The molecule has 4 aliphatic carbocycles. The second kappa shape index (κ2) is 4.81. The van der Waals surface area contributed by atoms with Crippen LogP contribution in [0.5, 0.6) is 0 Å². The zero-order chi connectivity index (χ0) is 13.7. The van der Waals surface area contributed by atoms with Gasteiger partial charge >= 0.3 is 0 Å². The topological polar surface area (TPSA) is 0 Å². The lowest BCUT2D eigenvalue weighted by atomic mass is 9.42. The van der Waals surface area contributed by atoms with Crippen molar-refractivity contribution in [2.24, 2.45) is 29.1 Å². The average Bonchev–Trinajstić information content (AvgIpc) is 2.33. The Labute approximate surface area is 121 Å². The Bertz CT molecular complexity index is 329. The summed E-state index contributed by atoms with van der Waals surface area (Å²) in [6, 6.07) is 0. The van der Waals surface area contributed by atoms with Crippen molar-refractivity contribution in [3.05, 3.63) is 0 Å². The summed E-state index contributed by atoms with van der Waals surface area (Å²) in [6.07, 6.45) is 11.7. The lowest BCUT2D eigenvalue weighted by Crippen LogP contribution is -2.54. The van der Waals surface area contributed by atoms with E-state index in [1.165, 1.54) is 51.3 Å². The van der Waals surface area contributed by atoms with E-state index >= 15 is 0 Å². The summed E-state index contributed by atoms with van der Waals surface area (Å²) in [5, 5.41) is 0.627. The van der Waals surface area contributed by atoms with Gasteiger partial charge < -0.3 is 0 Å². The van der Waals surface area contributed by atoms with Gasteiger partial charge in [0.1, 0.15) is 7.28 Å². The summed E-state index contributed by atoms with van der Waals surface area (Å²) >= 11 is 0. The minimum absolute atomic E-state index is 0.627. The molecule has 4 saturated carbocycles. The van der Waals surface area contributed by atoms with Crippen molar-refractivity contribution in [2.75, 3.05) is 0 Å². The second-order valence-electron chi connectivity index (χ2n) is 8.86. The van der Waals surface area contributed by atoms with E-state index in [2.05, 4.69) is 35.0 Å². The first-order valence-electron chi connectivity index (χ1n) is 8.77. The minimum Gasteiger partial charge on any atom is -0.0796 e. The molecule has 1 heteroatoms. The monoisotopic (exact) mass is 259 g/mol. The van der Waals surface area contributed by atoms with Crippen LogP contribution in [-0.4, -0.2) is 7.28 Å². The lowest BCUT2D eigenvalue weighted by molar-refractivity contribution is -0.130. The van der Waals surface area contributed by atoms with Crippen LogP contribution < -0.4 is 0 Å². The van der Waals surface area contributed by atoms with Gasteiger partial charge in [0.25, 0.3) is 0 Å². The van der Waals surface area contributed by atoms with E-state index in [1.54, 1.807) is 0 Å². The molecule has 0 heterocycles. The van der Waals surface area contributed by atoms with E-state index < -0.39 is 0 Å². The summed E-state index contributed by atoms with van der Waals surface area (Å²) in [5.74, 6) is 4.11. The Balaban J connectivity index is 1.40. The van der Waals surface area contributed by atoms with Crippen LogP contribution in [-0.2, 0) is 0 Å². The lowest BCUT2D eigenvalue weighted by Gasteiger charge is -2.62. The number of hydrogen-bond acceptors (Lipinski definition) is 0. The Morgan fingerprint density at radius 2 is 1.84 bits per heavy atom. The van der Waals surface area contributed by atoms with E-state index in [-0.39, 0.29) is 0 Å². The maximum atomic E-state index is 2.65. The quantitative estimate of drug-likeness (QED) is 0.447. The van der Waals surface area contributed by atoms with Crippen LogP contribution in [0.3, 0.4) is 0 Å². The third kappa shape index (κ3) is 2.40. The van der Waals surface area contributed by atoms with Gasteiger partial charge in [-0.15, -0.1) is 0 Å². The maximum Gasteiger partial charge on any atom is 0.117 e. The predicted molar refractivity (Wildman–Crippen MR) is 84.7 cm³/mol. The number of hydrogen-bond donors (Lipinski definition) is 0. The van der Waals surface area contributed by atoms with Crippen molar-refractivity contribution in [2.45, 2.75) is 84.3 Å². The van der Waals surface area contributed by atoms with Gasteiger partial charge in [-0.3, -0.25) is 0 Å². The Hall–Kier alpha value is 0.0649. The molecule has 0 amide bonds. The SMILES string of the molecule is CC1C(CCC[B]C2(C)CCC2)CC2CC1C2(C)C. The molecular formula is C18H32B. The first kappa shape index (κ1) is 14.0. The molecule has 0 spiro atoms. The van der Waals surface area contributed by atoms with E-state index in [4.69, 9.17) is 0 Å². The van der Waals surface area contributed by atoms with E-state index in [0.717, 1.165) is 23.7 Å². The second-order valence-corrected chi connectivity index (χ2v) is 8.86. The van der Waals surface area contributed by atoms with E-state index in [0.29, 0.717) is 10.7 Å². The maximum absolute atomic E-state index is 2.65.